The Morgan fingerprint density at radius 2 is 2.26 bits per heavy atom. The van der Waals surface area contributed by atoms with E-state index in [1.807, 2.05) is 6.92 Å². The topological polar surface area (TPSA) is 99.0 Å². The molecule has 1 N–H and O–H groups in total. The molecule has 1 amide bonds. The van der Waals surface area contributed by atoms with Crippen LogP contribution < -0.4 is 5.32 Å². The second kappa shape index (κ2) is 5.99. The van der Waals surface area contributed by atoms with Crippen LogP contribution in [-0.2, 0) is 16.6 Å². The predicted octanol–water partition coefficient (Wildman–Crippen LogP) is 1.56. The van der Waals surface area contributed by atoms with Crippen molar-refractivity contribution in [3.8, 4) is 0 Å². The summed E-state index contributed by atoms with van der Waals surface area (Å²) in [6.07, 6.45) is -0.581. The van der Waals surface area contributed by atoms with E-state index in [0.29, 0.717) is 17.1 Å². The third-order valence-corrected chi connectivity index (χ3v) is 4.62. The van der Waals surface area contributed by atoms with Crippen molar-refractivity contribution in [3.05, 3.63) is 29.6 Å². The fraction of sp³-hybridized carbons (Fsp3) is 0.357. The van der Waals surface area contributed by atoms with Gasteiger partial charge in [-0.05, 0) is 42.5 Å². The van der Waals surface area contributed by atoms with E-state index in [-0.39, 0.29) is 11.2 Å². The highest BCUT2D eigenvalue weighted by atomic mass is 32.2. The number of carbonyl (C=O) groups is 2. The highest BCUT2D eigenvalue weighted by molar-refractivity contribution is 8.00. The number of esters is 1. The molecule has 1 aromatic carbocycles. The number of aryl methyl sites for hydroxylation is 1. The van der Waals surface area contributed by atoms with Crippen LogP contribution in [0.15, 0.2) is 23.1 Å². The maximum absolute atomic E-state index is 12.3. The number of ether oxygens (including phenoxy) is 1. The lowest BCUT2D eigenvalue weighted by Crippen LogP contribution is -2.26. The highest BCUT2D eigenvalue weighted by Crippen LogP contribution is 2.36. The van der Waals surface area contributed by atoms with E-state index in [0.717, 1.165) is 4.90 Å². The molecule has 0 saturated heterocycles. The van der Waals surface area contributed by atoms with Crippen LogP contribution in [0.5, 0.6) is 0 Å². The molecule has 9 heteroatoms. The summed E-state index contributed by atoms with van der Waals surface area (Å²) < 4.78 is 6.83. The van der Waals surface area contributed by atoms with Gasteiger partial charge in [-0.3, -0.25) is 4.79 Å². The van der Waals surface area contributed by atoms with Gasteiger partial charge in [0, 0.05) is 11.9 Å². The van der Waals surface area contributed by atoms with Crippen LogP contribution in [-0.4, -0.2) is 37.3 Å². The van der Waals surface area contributed by atoms with Crippen molar-refractivity contribution in [1.29, 1.82) is 0 Å². The molecule has 23 heavy (non-hydrogen) atoms. The van der Waals surface area contributed by atoms with Crippen LogP contribution in [0.1, 0.15) is 36.1 Å². The number of amides is 1. The van der Waals surface area contributed by atoms with Crippen molar-refractivity contribution in [2.75, 3.05) is 5.32 Å². The predicted molar refractivity (Wildman–Crippen MR) is 83.0 cm³/mol. The van der Waals surface area contributed by atoms with Crippen molar-refractivity contribution < 1.29 is 14.3 Å². The van der Waals surface area contributed by atoms with Gasteiger partial charge in [0.15, 0.2) is 11.9 Å². The Morgan fingerprint density at radius 3 is 2.96 bits per heavy atom. The number of anilines is 1. The van der Waals surface area contributed by atoms with Crippen molar-refractivity contribution >= 4 is 29.3 Å². The Bertz CT molecular complexity index is 776. The third-order valence-electron chi connectivity index (χ3n) is 3.45. The average Bonchev–Trinajstić information content (AvgIpc) is 2.94. The molecule has 2 atom stereocenters. The first-order chi connectivity index (χ1) is 11.0. The summed E-state index contributed by atoms with van der Waals surface area (Å²) >= 11 is 1.46. The third kappa shape index (κ3) is 3.04. The number of carbonyl (C=O) groups excluding carboxylic acids is 2. The number of aromatic nitrogens is 4. The van der Waals surface area contributed by atoms with E-state index < -0.39 is 12.1 Å². The fourth-order valence-corrected chi connectivity index (χ4v) is 3.13. The molecule has 0 spiro atoms. The minimum atomic E-state index is -0.581. The number of nitrogens with one attached hydrogen (secondary N) is 1. The standard InChI is InChI=1S/C14H15N5O3S/c1-7(12-16-17-18-19(12)3)22-14(21)9-4-5-11-10(6-9)15-13(20)8(2)23-11/h4-8H,1-3H3,(H,15,20)/t7-,8+/m1/s1. The summed E-state index contributed by atoms with van der Waals surface area (Å²) in [5.74, 6) is -0.123. The van der Waals surface area contributed by atoms with Gasteiger partial charge in [-0.25, -0.2) is 9.48 Å². The summed E-state index contributed by atoms with van der Waals surface area (Å²) in [5.41, 5.74) is 0.988. The molecule has 2 aromatic rings. The van der Waals surface area contributed by atoms with Crippen molar-refractivity contribution in [2.45, 2.75) is 30.1 Å². The molecule has 2 heterocycles. The number of fused-ring (bicyclic) bond motifs is 1. The van der Waals surface area contributed by atoms with E-state index in [4.69, 9.17) is 4.74 Å². The van der Waals surface area contributed by atoms with Gasteiger partial charge in [0.1, 0.15) is 0 Å². The molecule has 0 fully saturated rings. The zero-order valence-electron chi connectivity index (χ0n) is 12.8. The highest BCUT2D eigenvalue weighted by Gasteiger charge is 2.25. The van der Waals surface area contributed by atoms with Gasteiger partial charge in [0.05, 0.1) is 16.5 Å². The van der Waals surface area contributed by atoms with Crippen molar-refractivity contribution in [1.82, 2.24) is 20.2 Å². The van der Waals surface area contributed by atoms with Crippen LogP contribution in [0, 0.1) is 0 Å². The Morgan fingerprint density at radius 1 is 1.48 bits per heavy atom. The molecule has 1 aliphatic heterocycles. The number of tetrazole rings is 1. The number of hydrogen-bond donors (Lipinski definition) is 1. The van der Waals surface area contributed by atoms with Crippen molar-refractivity contribution in [3.63, 3.8) is 0 Å². The van der Waals surface area contributed by atoms with Gasteiger partial charge in [0.25, 0.3) is 0 Å². The summed E-state index contributed by atoms with van der Waals surface area (Å²) in [6, 6.07) is 5.11. The number of benzene rings is 1. The van der Waals surface area contributed by atoms with E-state index >= 15 is 0 Å². The van der Waals surface area contributed by atoms with E-state index in [2.05, 4.69) is 20.8 Å². The minimum Gasteiger partial charge on any atom is -0.451 e. The van der Waals surface area contributed by atoms with Crippen LogP contribution in [0.2, 0.25) is 0 Å². The zero-order chi connectivity index (χ0) is 16.6. The molecule has 3 rings (SSSR count). The summed E-state index contributed by atoms with van der Waals surface area (Å²) in [7, 11) is 1.67. The molecule has 1 aromatic heterocycles. The van der Waals surface area contributed by atoms with Crippen LogP contribution in [0.4, 0.5) is 5.69 Å². The first-order valence-corrected chi connectivity index (χ1v) is 7.88. The first-order valence-electron chi connectivity index (χ1n) is 7.00. The molecule has 0 aliphatic carbocycles. The molecule has 1 aliphatic rings. The fourth-order valence-electron chi connectivity index (χ4n) is 2.20. The maximum Gasteiger partial charge on any atom is 0.338 e. The van der Waals surface area contributed by atoms with E-state index in [1.54, 1.807) is 32.2 Å². The first kappa shape index (κ1) is 15.5. The number of thioether (sulfide) groups is 1. The second-order valence-electron chi connectivity index (χ2n) is 5.17. The van der Waals surface area contributed by atoms with Gasteiger partial charge in [0.2, 0.25) is 5.91 Å². The average molecular weight is 333 g/mol. The lowest BCUT2D eigenvalue weighted by molar-refractivity contribution is -0.115. The number of rotatable bonds is 3. The summed E-state index contributed by atoms with van der Waals surface area (Å²) in [6.45, 7) is 3.53. The molecule has 0 bridgehead atoms. The Kier molecular flexibility index (Phi) is 4.03. The molecule has 8 nitrogen and oxygen atoms in total. The van der Waals surface area contributed by atoms with Gasteiger partial charge >= 0.3 is 5.97 Å². The van der Waals surface area contributed by atoms with Crippen molar-refractivity contribution in [2.24, 2.45) is 7.05 Å². The summed E-state index contributed by atoms with van der Waals surface area (Å²) in [5, 5.41) is 13.7. The van der Waals surface area contributed by atoms with Gasteiger partial charge in [-0.1, -0.05) is 0 Å². The normalized spacial score (nSPS) is 18.0. The number of hydrogen-bond acceptors (Lipinski definition) is 7. The smallest absolute Gasteiger partial charge is 0.338 e. The lowest BCUT2D eigenvalue weighted by Gasteiger charge is -2.21. The minimum absolute atomic E-state index is 0.0773. The van der Waals surface area contributed by atoms with Crippen LogP contribution in [0.3, 0.4) is 0 Å². The van der Waals surface area contributed by atoms with Crippen LogP contribution in [0.25, 0.3) is 0 Å². The maximum atomic E-state index is 12.3. The SMILES string of the molecule is C[C@@H]1Sc2ccc(C(=O)O[C@H](C)c3nnnn3C)cc2NC1=O. The van der Waals surface area contributed by atoms with E-state index in [1.165, 1.54) is 16.4 Å². The second-order valence-corrected chi connectivity index (χ2v) is 6.55. The van der Waals surface area contributed by atoms with Gasteiger partial charge in [-0.2, -0.15) is 0 Å². The zero-order valence-corrected chi connectivity index (χ0v) is 13.6. The Balaban J connectivity index is 1.77. The van der Waals surface area contributed by atoms with Gasteiger partial charge < -0.3 is 10.1 Å². The molecule has 120 valence electrons. The van der Waals surface area contributed by atoms with E-state index in [9.17, 15) is 9.59 Å². The largest absolute Gasteiger partial charge is 0.451 e. The monoisotopic (exact) mass is 333 g/mol. The Hall–Kier alpha value is -2.42. The molecule has 0 unspecified atom stereocenters. The summed E-state index contributed by atoms with van der Waals surface area (Å²) in [4.78, 5) is 24.9. The molecular formula is C14H15N5O3S. The quantitative estimate of drug-likeness (QED) is 0.851. The van der Waals surface area contributed by atoms with Crippen LogP contribution >= 0.6 is 11.8 Å². The molecule has 0 saturated carbocycles. The lowest BCUT2D eigenvalue weighted by atomic mass is 10.2. The Labute approximate surface area is 136 Å². The molecule has 0 radical (unpaired) electrons. The number of nitrogens with zero attached hydrogens (tertiary/aromatic N) is 4. The molecular weight excluding hydrogens is 318 g/mol. The van der Waals surface area contributed by atoms with Gasteiger partial charge in [-0.15, -0.1) is 16.9 Å².